The molecule has 1 aliphatic heterocycles. The summed E-state index contributed by atoms with van der Waals surface area (Å²) in [5, 5.41) is 4.22. The van der Waals surface area contributed by atoms with Crippen molar-refractivity contribution in [1.29, 1.82) is 0 Å². The third-order valence-corrected chi connectivity index (χ3v) is 6.15. The summed E-state index contributed by atoms with van der Waals surface area (Å²) in [6.07, 6.45) is 10.3. The Morgan fingerprint density at radius 1 is 0.967 bits per heavy atom. The molecule has 2 aromatic heterocycles. The summed E-state index contributed by atoms with van der Waals surface area (Å²) in [4.78, 5) is 11.6. The molecule has 1 saturated heterocycles. The second-order valence-electron chi connectivity index (χ2n) is 8.33. The van der Waals surface area contributed by atoms with Crippen molar-refractivity contribution in [1.82, 2.24) is 20.0 Å². The molecule has 6 heteroatoms. The van der Waals surface area contributed by atoms with E-state index >= 15 is 0 Å². The van der Waals surface area contributed by atoms with Crippen molar-refractivity contribution in [2.45, 2.75) is 63.6 Å². The van der Waals surface area contributed by atoms with Crippen LogP contribution in [-0.2, 0) is 6.54 Å². The minimum atomic E-state index is 0.174. The highest BCUT2D eigenvalue weighted by Gasteiger charge is 2.30. The van der Waals surface area contributed by atoms with E-state index in [0.29, 0.717) is 23.7 Å². The van der Waals surface area contributed by atoms with Gasteiger partial charge < -0.3 is 9.26 Å². The predicted molar refractivity (Wildman–Crippen MR) is 114 cm³/mol. The van der Waals surface area contributed by atoms with E-state index < -0.39 is 0 Å². The number of hydrogen-bond acceptors (Lipinski definition) is 6. The fourth-order valence-electron chi connectivity index (χ4n) is 4.54. The van der Waals surface area contributed by atoms with Gasteiger partial charge in [-0.25, -0.2) is 4.98 Å². The molecule has 1 aromatic carbocycles. The molecule has 0 radical (unpaired) electrons. The lowest BCUT2D eigenvalue weighted by Gasteiger charge is -2.22. The number of ether oxygens (including phenoxy) is 1. The molecule has 2 fully saturated rings. The highest BCUT2D eigenvalue weighted by Crippen LogP contribution is 2.33. The van der Waals surface area contributed by atoms with Crippen LogP contribution in [0.4, 0.5) is 0 Å². The maximum Gasteiger partial charge on any atom is 0.244 e. The average Bonchev–Trinajstić information content (AvgIpc) is 3.45. The molecule has 2 aliphatic rings. The number of hydrogen-bond donors (Lipinski definition) is 0. The standard InChI is InChI=1S/C24H28N4O2/c1-3-8-18(9-4-1)17-28-15-7-12-21(28)24-26-23(27-30-24)19-13-14-22(25-16-19)29-20-10-5-2-6-11-20/h1,3-4,8-9,13-14,16,20-21H,2,5-7,10-12,15,17H2/t21-/m0/s1. The zero-order valence-electron chi connectivity index (χ0n) is 17.2. The van der Waals surface area contributed by atoms with E-state index in [1.54, 1.807) is 6.20 Å². The van der Waals surface area contributed by atoms with Crippen LogP contribution in [0.5, 0.6) is 5.88 Å². The highest BCUT2D eigenvalue weighted by atomic mass is 16.5. The van der Waals surface area contributed by atoms with Crippen LogP contribution < -0.4 is 4.74 Å². The highest BCUT2D eigenvalue weighted by molar-refractivity contribution is 5.53. The second kappa shape index (κ2) is 8.96. The molecule has 1 saturated carbocycles. The summed E-state index contributed by atoms with van der Waals surface area (Å²) in [6, 6.07) is 14.6. The molecule has 30 heavy (non-hydrogen) atoms. The molecule has 5 rings (SSSR count). The van der Waals surface area contributed by atoms with Crippen molar-refractivity contribution >= 4 is 0 Å². The number of pyridine rings is 1. The molecule has 3 aromatic rings. The molecular formula is C24H28N4O2. The van der Waals surface area contributed by atoms with Gasteiger partial charge in [0.25, 0.3) is 0 Å². The van der Waals surface area contributed by atoms with Crippen molar-refractivity contribution < 1.29 is 9.26 Å². The van der Waals surface area contributed by atoms with Crippen LogP contribution in [-0.4, -0.2) is 32.7 Å². The van der Waals surface area contributed by atoms with Crippen LogP contribution in [0.25, 0.3) is 11.4 Å². The smallest absolute Gasteiger partial charge is 0.244 e. The van der Waals surface area contributed by atoms with Crippen molar-refractivity contribution in [2.24, 2.45) is 0 Å². The van der Waals surface area contributed by atoms with Crippen LogP contribution >= 0.6 is 0 Å². The summed E-state index contributed by atoms with van der Waals surface area (Å²) in [7, 11) is 0. The molecule has 0 amide bonds. The first-order chi connectivity index (χ1) is 14.8. The van der Waals surface area contributed by atoms with Gasteiger partial charge in [-0.2, -0.15) is 4.98 Å². The van der Waals surface area contributed by atoms with E-state index in [-0.39, 0.29) is 6.04 Å². The third-order valence-electron chi connectivity index (χ3n) is 6.15. The summed E-state index contributed by atoms with van der Waals surface area (Å²) in [5.74, 6) is 1.97. The Kier molecular flexibility index (Phi) is 5.75. The van der Waals surface area contributed by atoms with Gasteiger partial charge in [-0.3, -0.25) is 4.90 Å². The molecular weight excluding hydrogens is 376 g/mol. The lowest BCUT2D eigenvalue weighted by Crippen LogP contribution is -2.22. The Labute approximate surface area is 177 Å². The van der Waals surface area contributed by atoms with Crippen LogP contribution in [0.3, 0.4) is 0 Å². The number of aromatic nitrogens is 3. The normalized spacial score (nSPS) is 20.5. The van der Waals surface area contributed by atoms with E-state index in [1.807, 2.05) is 12.1 Å². The number of nitrogens with zero attached hydrogens (tertiary/aromatic N) is 4. The van der Waals surface area contributed by atoms with E-state index in [2.05, 4.69) is 45.4 Å². The monoisotopic (exact) mass is 404 g/mol. The average molecular weight is 405 g/mol. The minimum absolute atomic E-state index is 0.174. The van der Waals surface area contributed by atoms with E-state index in [1.165, 1.54) is 24.8 Å². The van der Waals surface area contributed by atoms with E-state index in [0.717, 1.165) is 44.3 Å². The van der Waals surface area contributed by atoms with Gasteiger partial charge in [0.05, 0.1) is 6.04 Å². The Balaban J connectivity index is 1.25. The summed E-state index contributed by atoms with van der Waals surface area (Å²) in [6.45, 7) is 1.95. The fraction of sp³-hybridized carbons (Fsp3) is 0.458. The third kappa shape index (κ3) is 4.38. The van der Waals surface area contributed by atoms with Gasteiger partial charge in [-0.05, 0) is 56.7 Å². The van der Waals surface area contributed by atoms with Crippen LogP contribution in [0.15, 0.2) is 53.2 Å². The van der Waals surface area contributed by atoms with Crippen molar-refractivity contribution in [3.8, 4) is 17.3 Å². The fourth-order valence-corrected chi connectivity index (χ4v) is 4.54. The summed E-state index contributed by atoms with van der Waals surface area (Å²) < 4.78 is 11.7. The number of likely N-dealkylation sites (tertiary alicyclic amines) is 1. The molecule has 1 atom stereocenters. The Morgan fingerprint density at radius 3 is 2.63 bits per heavy atom. The molecule has 0 unspecified atom stereocenters. The minimum Gasteiger partial charge on any atom is -0.474 e. The topological polar surface area (TPSA) is 64.3 Å². The van der Waals surface area contributed by atoms with E-state index in [9.17, 15) is 0 Å². The summed E-state index contributed by atoms with van der Waals surface area (Å²) in [5.41, 5.74) is 2.16. The quantitative estimate of drug-likeness (QED) is 0.564. The molecule has 0 N–H and O–H groups in total. The molecule has 0 spiro atoms. The molecule has 0 bridgehead atoms. The Morgan fingerprint density at radius 2 is 1.83 bits per heavy atom. The Bertz CT molecular complexity index is 935. The first kappa shape index (κ1) is 19.2. The zero-order valence-corrected chi connectivity index (χ0v) is 17.2. The molecule has 6 nitrogen and oxygen atoms in total. The summed E-state index contributed by atoms with van der Waals surface area (Å²) >= 11 is 0. The molecule has 3 heterocycles. The second-order valence-corrected chi connectivity index (χ2v) is 8.33. The SMILES string of the molecule is c1ccc(CN2CCC[C@H]2c2nc(-c3ccc(OC4CCCCC4)nc3)no2)cc1. The van der Waals surface area contributed by atoms with Crippen molar-refractivity contribution in [2.75, 3.05) is 6.54 Å². The maximum atomic E-state index is 6.02. The Hall–Kier alpha value is -2.73. The first-order valence-electron chi connectivity index (χ1n) is 11.1. The van der Waals surface area contributed by atoms with E-state index in [4.69, 9.17) is 14.2 Å². The van der Waals surface area contributed by atoms with Crippen molar-refractivity contribution in [3.63, 3.8) is 0 Å². The van der Waals surface area contributed by atoms with Gasteiger partial charge in [0, 0.05) is 24.4 Å². The van der Waals surface area contributed by atoms with Gasteiger partial charge in [-0.1, -0.05) is 41.9 Å². The zero-order chi connectivity index (χ0) is 20.2. The number of rotatable bonds is 6. The van der Waals surface area contributed by atoms with Crippen LogP contribution in [0.2, 0.25) is 0 Å². The lowest BCUT2D eigenvalue weighted by molar-refractivity contribution is 0.148. The maximum absolute atomic E-state index is 6.02. The van der Waals surface area contributed by atoms with Gasteiger partial charge in [-0.15, -0.1) is 0 Å². The van der Waals surface area contributed by atoms with Gasteiger partial charge in [0.2, 0.25) is 17.6 Å². The van der Waals surface area contributed by atoms with Gasteiger partial charge in [0.15, 0.2) is 0 Å². The van der Waals surface area contributed by atoms with Crippen LogP contribution in [0, 0.1) is 0 Å². The van der Waals surface area contributed by atoms with Crippen molar-refractivity contribution in [3.05, 3.63) is 60.1 Å². The lowest BCUT2D eigenvalue weighted by atomic mass is 9.98. The van der Waals surface area contributed by atoms with Gasteiger partial charge in [0.1, 0.15) is 6.10 Å². The first-order valence-corrected chi connectivity index (χ1v) is 11.1. The van der Waals surface area contributed by atoms with Crippen LogP contribution in [0.1, 0.15) is 62.4 Å². The largest absolute Gasteiger partial charge is 0.474 e. The molecule has 156 valence electrons. The van der Waals surface area contributed by atoms with Gasteiger partial charge >= 0.3 is 0 Å². The predicted octanol–water partition coefficient (Wildman–Crippen LogP) is 5.18. The number of benzene rings is 1. The molecule has 1 aliphatic carbocycles.